The number of esters is 1. The number of carbonyl (C=O) groups excluding carboxylic acids is 2. The fraction of sp³-hybridized carbons (Fsp3) is 0.238. The third kappa shape index (κ3) is 5.47. The predicted molar refractivity (Wildman–Crippen MR) is 95.4 cm³/mol. The molecule has 1 aliphatic heterocycles. The molecule has 0 aliphatic carbocycles. The standard InChI is InChI=1S/C21H18F2O6.K/c1-20(2)27-12-16(29-20)17(21(22,23)19(25)26)28-18(24)15-10-8-14(9-11-15)13-6-4-3-5-7-13;/h3-12,17H,1-2H3,(H,25,26);/q;+1/p-1/t17-;/m1./s1. The number of carboxylic acids is 1. The van der Waals surface area contributed by atoms with E-state index in [4.69, 9.17) is 14.2 Å². The number of hydrogen-bond donors (Lipinski definition) is 0. The second-order valence-corrected chi connectivity index (χ2v) is 6.78. The van der Waals surface area contributed by atoms with Gasteiger partial charge in [0.2, 0.25) is 11.9 Å². The first-order valence-electron chi connectivity index (χ1n) is 8.63. The second kappa shape index (κ2) is 9.57. The van der Waals surface area contributed by atoms with E-state index in [1.807, 2.05) is 30.3 Å². The summed E-state index contributed by atoms with van der Waals surface area (Å²) >= 11 is 0. The van der Waals surface area contributed by atoms with Gasteiger partial charge in [-0.1, -0.05) is 42.5 Å². The number of halogens is 2. The van der Waals surface area contributed by atoms with Gasteiger partial charge in [-0.15, -0.1) is 0 Å². The zero-order valence-electron chi connectivity index (χ0n) is 16.6. The molecule has 2 aromatic rings. The van der Waals surface area contributed by atoms with Crippen molar-refractivity contribution >= 4 is 11.9 Å². The number of alkyl halides is 2. The van der Waals surface area contributed by atoms with Gasteiger partial charge in [0.25, 0.3) is 0 Å². The van der Waals surface area contributed by atoms with Gasteiger partial charge >= 0.3 is 63.3 Å². The maximum atomic E-state index is 14.2. The van der Waals surface area contributed by atoms with E-state index in [1.54, 1.807) is 12.1 Å². The van der Waals surface area contributed by atoms with Gasteiger partial charge < -0.3 is 24.1 Å². The van der Waals surface area contributed by atoms with Gasteiger partial charge in [0.1, 0.15) is 12.2 Å². The molecule has 3 rings (SSSR count). The molecule has 0 unspecified atom stereocenters. The molecule has 1 heterocycles. The molecule has 0 fully saturated rings. The van der Waals surface area contributed by atoms with Gasteiger partial charge in [0.15, 0.2) is 5.76 Å². The zero-order chi connectivity index (χ0) is 21.2. The molecule has 6 nitrogen and oxygen atoms in total. The van der Waals surface area contributed by atoms with Crippen molar-refractivity contribution in [3.05, 3.63) is 72.2 Å². The Labute approximate surface area is 214 Å². The molecule has 30 heavy (non-hydrogen) atoms. The average Bonchev–Trinajstić information content (AvgIpc) is 3.05. The van der Waals surface area contributed by atoms with E-state index in [-0.39, 0.29) is 56.9 Å². The Kier molecular flexibility index (Phi) is 7.81. The molecule has 0 bridgehead atoms. The van der Waals surface area contributed by atoms with E-state index in [2.05, 4.69) is 0 Å². The van der Waals surface area contributed by atoms with Crippen LogP contribution in [-0.4, -0.2) is 29.8 Å². The minimum absolute atomic E-state index is 0. The van der Waals surface area contributed by atoms with Crippen LogP contribution in [0.25, 0.3) is 11.1 Å². The maximum absolute atomic E-state index is 14.2. The topological polar surface area (TPSA) is 84.9 Å². The number of ether oxygens (including phenoxy) is 3. The molecule has 0 saturated carbocycles. The minimum Gasteiger partial charge on any atom is -0.544 e. The van der Waals surface area contributed by atoms with Crippen molar-refractivity contribution in [3.8, 4) is 11.1 Å². The van der Waals surface area contributed by atoms with E-state index in [0.29, 0.717) is 0 Å². The van der Waals surface area contributed by atoms with Gasteiger partial charge in [0.05, 0.1) is 5.56 Å². The van der Waals surface area contributed by atoms with Crippen LogP contribution in [0.2, 0.25) is 0 Å². The Morgan fingerprint density at radius 1 is 1.03 bits per heavy atom. The van der Waals surface area contributed by atoms with Gasteiger partial charge in [-0.05, 0) is 23.3 Å². The first-order chi connectivity index (χ1) is 13.6. The van der Waals surface area contributed by atoms with E-state index >= 15 is 0 Å². The van der Waals surface area contributed by atoms with Crippen molar-refractivity contribution in [1.29, 1.82) is 0 Å². The Bertz CT molecular complexity index is 942. The summed E-state index contributed by atoms with van der Waals surface area (Å²) in [6.07, 6.45) is -1.75. The van der Waals surface area contributed by atoms with Crippen LogP contribution < -0.4 is 56.5 Å². The summed E-state index contributed by atoms with van der Waals surface area (Å²) in [7, 11) is 0. The van der Waals surface area contributed by atoms with Crippen molar-refractivity contribution in [2.45, 2.75) is 31.7 Å². The first-order valence-corrected chi connectivity index (χ1v) is 8.63. The Morgan fingerprint density at radius 2 is 1.60 bits per heavy atom. The molecule has 0 saturated heterocycles. The van der Waals surface area contributed by atoms with Crippen LogP contribution in [0.15, 0.2) is 66.6 Å². The zero-order valence-corrected chi connectivity index (χ0v) is 19.7. The summed E-state index contributed by atoms with van der Waals surface area (Å²) in [6, 6.07) is 15.3. The van der Waals surface area contributed by atoms with Crippen molar-refractivity contribution in [1.82, 2.24) is 0 Å². The summed E-state index contributed by atoms with van der Waals surface area (Å²) in [5, 5.41) is 10.9. The summed E-state index contributed by atoms with van der Waals surface area (Å²) in [6.45, 7) is 2.85. The van der Waals surface area contributed by atoms with Crippen LogP contribution in [0.4, 0.5) is 8.78 Å². The van der Waals surface area contributed by atoms with Crippen LogP contribution in [0, 0.1) is 0 Å². The van der Waals surface area contributed by atoms with Crippen molar-refractivity contribution < 1.29 is 89.1 Å². The van der Waals surface area contributed by atoms with E-state index < -0.39 is 35.5 Å². The predicted octanol–water partition coefficient (Wildman–Crippen LogP) is -0.108. The number of carboxylic acid groups (broad SMARTS) is 1. The van der Waals surface area contributed by atoms with Crippen LogP contribution in [0.5, 0.6) is 0 Å². The molecular formula is C21H17F2KO6. The smallest absolute Gasteiger partial charge is 0.544 e. The van der Waals surface area contributed by atoms with E-state index in [1.165, 1.54) is 26.0 Å². The molecule has 0 aromatic heterocycles. The number of rotatable bonds is 6. The minimum atomic E-state index is -4.53. The van der Waals surface area contributed by atoms with Gasteiger partial charge in [-0.25, -0.2) is 4.79 Å². The molecule has 1 atom stereocenters. The van der Waals surface area contributed by atoms with Crippen LogP contribution in [0.1, 0.15) is 24.2 Å². The van der Waals surface area contributed by atoms with Crippen LogP contribution >= 0.6 is 0 Å². The van der Waals surface area contributed by atoms with E-state index in [9.17, 15) is 23.5 Å². The fourth-order valence-corrected chi connectivity index (χ4v) is 2.67. The largest absolute Gasteiger partial charge is 1.00 e. The third-order valence-corrected chi connectivity index (χ3v) is 4.14. The molecule has 9 heteroatoms. The summed E-state index contributed by atoms with van der Waals surface area (Å²) in [5.74, 6) is -10.3. The van der Waals surface area contributed by atoms with Gasteiger partial charge in [-0.2, -0.15) is 8.78 Å². The molecule has 1 aliphatic rings. The number of carbonyl (C=O) groups is 2. The van der Waals surface area contributed by atoms with Crippen LogP contribution in [-0.2, 0) is 19.0 Å². The van der Waals surface area contributed by atoms with E-state index in [0.717, 1.165) is 17.4 Å². The molecule has 2 aromatic carbocycles. The average molecular weight is 442 g/mol. The van der Waals surface area contributed by atoms with Crippen LogP contribution in [0.3, 0.4) is 0 Å². The summed E-state index contributed by atoms with van der Waals surface area (Å²) in [4.78, 5) is 23.3. The molecule has 152 valence electrons. The van der Waals surface area contributed by atoms with Gasteiger partial charge in [0, 0.05) is 13.8 Å². The molecule has 0 radical (unpaired) electrons. The number of benzene rings is 2. The van der Waals surface area contributed by atoms with Crippen molar-refractivity contribution in [2.24, 2.45) is 0 Å². The van der Waals surface area contributed by atoms with Crippen molar-refractivity contribution in [3.63, 3.8) is 0 Å². The molecule has 0 amide bonds. The Morgan fingerprint density at radius 3 is 2.10 bits per heavy atom. The molecule has 0 N–H and O–H groups in total. The Balaban J connectivity index is 0.00000320. The van der Waals surface area contributed by atoms with Crippen molar-refractivity contribution in [2.75, 3.05) is 0 Å². The number of hydrogen-bond acceptors (Lipinski definition) is 6. The normalized spacial score (nSPS) is 15.7. The molecule has 0 spiro atoms. The summed E-state index contributed by atoms with van der Waals surface area (Å²) < 4.78 is 43.3. The monoisotopic (exact) mass is 442 g/mol. The quantitative estimate of drug-likeness (QED) is 0.459. The fourth-order valence-electron chi connectivity index (χ4n) is 2.67. The Hall–Kier alpha value is -1.78. The SMILES string of the molecule is CC1(C)OC=C([C@@H](OC(=O)c2ccc(-c3ccccc3)cc2)C(F)(F)C(=O)[O-])O1.[K+]. The first kappa shape index (κ1) is 24.5. The summed E-state index contributed by atoms with van der Waals surface area (Å²) in [5.41, 5.74) is 1.66. The third-order valence-electron chi connectivity index (χ3n) is 4.14. The van der Waals surface area contributed by atoms with Gasteiger partial charge in [-0.3, -0.25) is 0 Å². The molecular weight excluding hydrogens is 425 g/mol. The second-order valence-electron chi connectivity index (χ2n) is 6.78. The number of aliphatic carboxylic acids is 1. The maximum Gasteiger partial charge on any atom is 1.00 e.